The lowest BCUT2D eigenvalue weighted by Crippen LogP contribution is -2.12. The first-order valence-electron chi connectivity index (χ1n) is 12.6. The lowest BCUT2D eigenvalue weighted by Gasteiger charge is -2.07. The molecule has 0 aliphatic rings. The van der Waals surface area contributed by atoms with Crippen LogP contribution in [-0.4, -0.2) is 44.7 Å². The smallest absolute Gasteiger partial charge is 0.159 e. The van der Waals surface area contributed by atoms with Gasteiger partial charge in [-0.05, 0) is 30.2 Å². The van der Waals surface area contributed by atoms with Crippen LogP contribution in [0.4, 0.5) is 0 Å². The number of benzene rings is 1. The summed E-state index contributed by atoms with van der Waals surface area (Å²) in [4.78, 5) is 26.1. The molecule has 1 aromatic carbocycles. The van der Waals surface area contributed by atoms with Gasteiger partial charge in [-0.2, -0.15) is 5.10 Å². The molecule has 39 heavy (non-hydrogen) atoms. The molecule has 0 aliphatic carbocycles. The standard InChI is InChI=1S/C29H24N10/c1-18-16-39(17-34-18)26-15-32-13-25-28(26)36-29(35-25)27-22-8-23(33-14-24(22)37-38-27)21-7-20(11-31-12-21)10-30-9-19-5-3-2-4-6-19/h2-8,11-17,30H,9-10H2,1H3,(H,35,36)(H,37,38). The molecule has 6 aromatic heterocycles. The average molecular weight is 513 g/mol. The fraction of sp³-hybridized carbons (Fsp3) is 0.103. The van der Waals surface area contributed by atoms with Crippen molar-refractivity contribution in [3.05, 3.63) is 103 Å². The van der Waals surface area contributed by atoms with Crippen molar-refractivity contribution < 1.29 is 0 Å². The molecule has 0 aliphatic heterocycles. The molecule has 10 nitrogen and oxygen atoms in total. The number of H-pyrrole nitrogens is 2. The fourth-order valence-electron chi connectivity index (χ4n) is 4.70. The first kappa shape index (κ1) is 22.9. The monoisotopic (exact) mass is 512 g/mol. The minimum atomic E-state index is 0.650. The fourth-order valence-corrected chi connectivity index (χ4v) is 4.70. The Morgan fingerprint density at radius 3 is 2.62 bits per heavy atom. The van der Waals surface area contributed by atoms with Gasteiger partial charge in [0, 0.05) is 42.6 Å². The average Bonchev–Trinajstić information content (AvgIpc) is 3.71. The Morgan fingerprint density at radius 2 is 1.74 bits per heavy atom. The first-order chi connectivity index (χ1) is 19.2. The summed E-state index contributed by atoms with van der Waals surface area (Å²) in [5.74, 6) is 0.650. The van der Waals surface area contributed by atoms with Crippen LogP contribution in [0.25, 0.3) is 50.4 Å². The van der Waals surface area contributed by atoms with Gasteiger partial charge < -0.3 is 14.9 Å². The number of nitrogens with one attached hydrogen (secondary N) is 3. The lowest BCUT2D eigenvalue weighted by molar-refractivity contribution is 0.691. The summed E-state index contributed by atoms with van der Waals surface area (Å²) >= 11 is 0. The van der Waals surface area contributed by atoms with Crippen molar-refractivity contribution in [3.63, 3.8) is 0 Å². The van der Waals surface area contributed by atoms with E-state index < -0.39 is 0 Å². The number of hydrogen-bond acceptors (Lipinski definition) is 7. The van der Waals surface area contributed by atoms with Crippen LogP contribution in [-0.2, 0) is 13.1 Å². The zero-order valence-electron chi connectivity index (χ0n) is 21.1. The van der Waals surface area contributed by atoms with Gasteiger partial charge in [0.1, 0.15) is 11.2 Å². The maximum absolute atomic E-state index is 4.90. The molecule has 7 aromatic rings. The predicted octanol–water partition coefficient (Wildman–Crippen LogP) is 4.74. The summed E-state index contributed by atoms with van der Waals surface area (Å²) in [5.41, 5.74) is 9.01. The second-order valence-electron chi connectivity index (χ2n) is 9.42. The highest BCUT2D eigenvalue weighted by Crippen LogP contribution is 2.30. The molecular weight excluding hydrogens is 488 g/mol. The van der Waals surface area contributed by atoms with Crippen molar-refractivity contribution in [1.29, 1.82) is 0 Å². The second kappa shape index (κ2) is 9.58. The third kappa shape index (κ3) is 4.42. The van der Waals surface area contributed by atoms with E-state index in [2.05, 4.69) is 58.6 Å². The van der Waals surface area contributed by atoms with Crippen LogP contribution in [0, 0.1) is 6.92 Å². The Bertz CT molecular complexity index is 1920. The molecule has 0 fully saturated rings. The Balaban J connectivity index is 1.20. The number of aromatic amines is 2. The van der Waals surface area contributed by atoms with Crippen molar-refractivity contribution in [1.82, 2.24) is 50.0 Å². The molecule has 0 atom stereocenters. The molecule has 0 saturated carbocycles. The van der Waals surface area contributed by atoms with E-state index in [0.717, 1.165) is 56.7 Å². The van der Waals surface area contributed by atoms with Gasteiger partial charge in [-0.3, -0.25) is 20.1 Å². The van der Waals surface area contributed by atoms with Crippen LogP contribution in [0.1, 0.15) is 16.8 Å². The number of aromatic nitrogens is 9. The highest BCUT2D eigenvalue weighted by Gasteiger charge is 2.17. The number of hydrogen-bond donors (Lipinski definition) is 3. The molecule has 190 valence electrons. The predicted molar refractivity (Wildman–Crippen MR) is 149 cm³/mol. The zero-order valence-corrected chi connectivity index (χ0v) is 21.1. The maximum atomic E-state index is 4.90. The SMILES string of the molecule is Cc1cn(-c2cncc3[nH]c(-c4n[nH]c5cnc(-c6cncc(CNCc7ccccc7)c6)cc45)nc23)cn1. The number of pyridine rings is 3. The van der Waals surface area contributed by atoms with Crippen LogP contribution in [0.5, 0.6) is 0 Å². The quantitative estimate of drug-likeness (QED) is 0.282. The van der Waals surface area contributed by atoms with Gasteiger partial charge in [0.05, 0.1) is 53.0 Å². The molecule has 0 amide bonds. The van der Waals surface area contributed by atoms with E-state index in [1.807, 2.05) is 54.3 Å². The molecule has 0 saturated heterocycles. The number of rotatable bonds is 7. The summed E-state index contributed by atoms with van der Waals surface area (Å²) in [6.07, 6.45) is 12.8. The van der Waals surface area contributed by atoms with Gasteiger partial charge in [0.2, 0.25) is 0 Å². The summed E-state index contributed by atoms with van der Waals surface area (Å²) in [6.45, 7) is 3.46. The molecule has 0 unspecified atom stereocenters. The van der Waals surface area contributed by atoms with Gasteiger partial charge in [-0.15, -0.1) is 0 Å². The molecule has 3 N–H and O–H groups in total. The van der Waals surface area contributed by atoms with Crippen molar-refractivity contribution in [3.8, 4) is 28.5 Å². The highest BCUT2D eigenvalue weighted by molar-refractivity contribution is 5.95. The third-order valence-corrected chi connectivity index (χ3v) is 6.63. The Morgan fingerprint density at radius 1 is 0.872 bits per heavy atom. The van der Waals surface area contributed by atoms with Gasteiger partial charge in [-0.25, -0.2) is 9.97 Å². The van der Waals surface area contributed by atoms with Gasteiger partial charge in [-0.1, -0.05) is 30.3 Å². The molecule has 0 bridgehead atoms. The van der Waals surface area contributed by atoms with Crippen molar-refractivity contribution in [2.24, 2.45) is 0 Å². The van der Waals surface area contributed by atoms with Crippen LogP contribution in [0.2, 0.25) is 0 Å². The Hall–Kier alpha value is -5.22. The molecule has 0 spiro atoms. The largest absolute Gasteiger partial charge is 0.335 e. The summed E-state index contributed by atoms with van der Waals surface area (Å²) in [5, 5.41) is 12.1. The van der Waals surface area contributed by atoms with E-state index in [4.69, 9.17) is 4.98 Å². The molecule has 7 rings (SSSR count). The summed E-state index contributed by atoms with van der Waals surface area (Å²) < 4.78 is 1.93. The molecule has 10 heteroatoms. The lowest BCUT2D eigenvalue weighted by atomic mass is 10.1. The summed E-state index contributed by atoms with van der Waals surface area (Å²) in [6, 6.07) is 14.5. The zero-order chi connectivity index (χ0) is 26.2. The normalized spacial score (nSPS) is 11.5. The van der Waals surface area contributed by atoms with Gasteiger partial charge in [0.25, 0.3) is 0 Å². The molecular formula is C29H24N10. The topological polar surface area (TPSA) is 126 Å². The van der Waals surface area contributed by atoms with Crippen molar-refractivity contribution in [2.75, 3.05) is 0 Å². The van der Waals surface area contributed by atoms with Crippen molar-refractivity contribution >= 4 is 21.9 Å². The van der Waals surface area contributed by atoms with Gasteiger partial charge >= 0.3 is 0 Å². The van der Waals surface area contributed by atoms with Crippen LogP contribution >= 0.6 is 0 Å². The van der Waals surface area contributed by atoms with Crippen LogP contribution in [0.3, 0.4) is 0 Å². The van der Waals surface area contributed by atoms with Gasteiger partial charge in [0.15, 0.2) is 5.82 Å². The number of nitrogens with zero attached hydrogens (tertiary/aromatic N) is 7. The number of fused-ring (bicyclic) bond motifs is 2. The minimum absolute atomic E-state index is 0.650. The number of aryl methyl sites for hydroxylation is 1. The first-order valence-corrected chi connectivity index (χ1v) is 12.6. The molecule has 0 radical (unpaired) electrons. The van der Waals surface area contributed by atoms with E-state index in [1.165, 1.54) is 5.56 Å². The Kier molecular flexibility index (Phi) is 5.64. The third-order valence-electron chi connectivity index (χ3n) is 6.63. The van der Waals surface area contributed by atoms with E-state index in [-0.39, 0.29) is 0 Å². The summed E-state index contributed by atoms with van der Waals surface area (Å²) in [7, 11) is 0. The van der Waals surface area contributed by atoms with Crippen molar-refractivity contribution in [2.45, 2.75) is 20.0 Å². The van der Waals surface area contributed by atoms with E-state index in [0.29, 0.717) is 18.1 Å². The second-order valence-corrected chi connectivity index (χ2v) is 9.42. The van der Waals surface area contributed by atoms with E-state index in [9.17, 15) is 0 Å². The molecule has 6 heterocycles. The van der Waals surface area contributed by atoms with Crippen LogP contribution in [0.15, 0.2) is 86.0 Å². The van der Waals surface area contributed by atoms with E-state index >= 15 is 0 Å². The van der Waals surface area contributed by atoms with Crippen LogP contribution < -0.4 is 5.32 Å². The number of imidazole rings is 2. The van der Waals surface area contributed by atoms with E-state index in [1.54, 1.807) is 24.9 Å². The Labute approximate surface area is 223 Å². The minimum Gasteiger partial charge on any atom is -0.335 e. The highest BCUT2D eigenvalue weighted by atomic mass is 15.1. The maximum Gasteiger partial charge on any atom is 0.159 e.